The van der Waals surface area contributed by atoms with E-state index in [1.165, 1.54) is 0 Å². The van der Waals surface area contributed by atoms with Gasteiger partial charge in [0.15, 0.2) is 5.84 Å². The lowest BCUT2D eigenvalue weighted by Crippen LogP contribution is -2.42. The summed E-state index contributed by atoms with van der Waals surface area (Å²) in [5.74, 6) is 0.541. The molecule has 0 aromatic heterocycles. The standard InChI is InChI=1S/C14H20N4O3S/c19-14(16-6-4-11-3-5-15-10-11)12-2-1-7-18-8-9-22(20,21)17-13(12)18/h1-2,7,11,15H,3-6,8-10H2,(H,16,19). The van der Waals surface area contributed by atoms with Crippen molar-refractivity contribution in [3.05, 3.63) is 23.9 Å². The zero-order valence-electron chi connectivity index (χ0n) is 12.3. The lowest BCUT2D eigenvalue weighted by Gasteiger charge is -2.28. The number of hydrogen-bond acceptors (Lipinski definition) is 5. The summed E-state index contributed by atoms with van der Waals surface area (Å²) in [5.41, 5.74) is 0.315. The highest BCUT2D eigenvalue weighted by Gasteiger charge is 2.29. The zero-order chi connectivity index (χ0) is 15.6. The van der Waals surface area contributed by atoms with Gasteiger partial charge in [-0.1, -0.05) is 0 Å². The van der Waals surface area contributed by atoms with Crippen molar-refractivity contribution in [2.45, 2.75) is 12.8 Å². The number of hydrogen-bond donors (Lipinski definition) is 2. The predicted octanol–water partition coefficient (Wildman–Crippen LogP) is -0.400. The van der Waals surface area contributed by atoms with E-state index in [1.54, 1.807) is 23.3 Å². The van der Waals surface area contributed by atoms with Crippen molar-refractivity contribution in [2.75, 3.05) is 31.9 Å². The van der Waals surface area contributed by atoms with E-state index >= 15 is 0 Å². The molecule has 3 heterocycles. The van der Waals surface area contributed by atoms with E-state index in [4.69, 9.17) is 0 Å². The largest absolute Gasteiger partial charge is 0.352 e. The highest BCUT2D eigenvalue weighted by molar-refractivity contribution is 7.90. The Morgan fingerprint density at radius 2 is 2.36 bits per heavy atom. The Labute approximate surface area is 130 Å². The normalized spacial score (nSPS) is 26.2. The smallest absolute Gasteiger partial charge is 0.256 e. The maximum atomic E-state index is 12.3. The number of sulfonamides is 1. The number of allylic oxidation sites excluding steroid dienone is 2. The topological polar surface area (TPSA) is 90.9 Å². The van der Waals surface area contributed by atoms with Crippen LogP contribution in [0.15, 0.2) is 28.3 Å². The predicted molar refractivity (Wildman–Crippen MR) is 83.8 cm³/mol. The summed E-state index contributed by atoms with van der Waals surface area (Å²) in [5, 5.41) is 6.16. The van der Waals surface area contributed by atoms with Crippen LogP contribution in [0.4, 0.5) is 0 Å². The second kappa shape index (κ2) is 6.21. The summed E-state index contributed by atoms with van der Waals surface area (Å²) in [4.78, 5) is 14.0. The number of nitrogens with one attached hydrogen (secondary N) is 2. The molecule has 1 fully saturated rings. The summed E-state index contributed by atoms with van der Waals surface area (Å²) < 4.78 is 27.1. The first-order chi connectivity index (χ1) is 10.6. The number of nitrogens with zero attached hydrogens (tertiary/aromatic N) is 2. The molecule has 3 aliphatic heterocycles. The maximum absolute atomic E-state index is 12.3. The third kappa shape index (κ3) is 3.38. The molecular weight excluding hydrogens is 304 g/mol. The average molecular weight is 324 g/mol. The molecule has 2 N–H and O–H groups in total. The first-order valence-electron chi connectivity index (χ1n) is 7.52. The van der Waals surface area contributed by atoms with Crippen LogP contribution in [-0.4, -0.2) is 57.0 Å². The van der Waals surface area contributed by atoms with Gasteiger partial charge in [0, 0.05) is 19.3 Å². The van der Waals surface area contributed by atoms with Gasteiger partial charge in [0.25, 0.3) is 15.9 Å². The molecule has 1 atom stereocenters. The molecule has 0 radical (unpaired) electrons. The van der Waals surface area contributed by atoms with Crippen LogP contribution in [0.25, 0.3) is 0 Å². The number of rotatable bonds is 4. The second-order valence-corrected chi connectivity index (χ2v) is 7.47. The highest BCUT2D eigenvalue weighted by Crippen LogP contribution is 2.18. The Kier molecular flexibility index (Phi) is 4.30. The van der Waals surface area contributed by atoms with Crippen LogP contribution in [0.5, 0.6) is 0 Å². The third-order valence-corrected chi connectivity index (χ3v) is 5.25. The molecule has 7 nitrogen and oxygen atoms in total. The number of carbonyl (C=O) groups excluding carboxylic acids is 1. The summed E-state index contributed by atoms with van der Waals surface area (Å²) >= 11 is 0. The van der Waals surface area contributed by atoms with Crippen molar-refractivity contribution in [2.24, 2.45) is 10.3 Å². The maximum Gasteiger partial charge on any atom is 0.256 e. The van der Waals surface area contributed by atoms with E-state index < -0.39 is 10.0 Å². The summed E-state index contributed by atoms with van der Waals surface area (Å²) in [6.45, 7) is 2.96. The molecule has 1 amide bonds. The molecule has 22 heavy (non-hydrogen) atoms. The molecule has 1 saturated heterocycles. The van der Waals surface area contributed by atoms with E-state index in [-0.39, 0.29) is 17.5 Å². The zero-order valence-corrected chi connectivity index (χ0v) is 13.1. The molecule has 1 unspecified atom stereocenters. The van der Waals surface area contributed by atoms with Crippen LogP contribution in [0.2, 0.25) is 0 Å². The molecule has 0 aromatic carbocycles. The first kappa shape index (κ1) is 15.2. The van der Waals surface area contributed by atoms with E-state index in [0.29, 0.717) is 24.6 Å². The third-order valence-electron chi connectivity index (χ3n) is 4.10. The Morgan fingerprint density at radius 1 is 1.50 bits per heavy atom. The monoisotopic (exact) mass is 324 g/mol. The summed E-state index contributed by atoms with van der Waals surface area (Å²) in [7, 11) is -3.47. The van der Waals surface area contributed by atoms with E-state index in [1.807, 2.05) is 0 Å². The van der Waals surface area contributed by atoms with Gasteiger partial charge in [0.1, 0.15) is 0 Å². The summed E-state index contributed by atoms with van der Waals surface area (Å²) in [6, 6.07) is 0. The molecule has 3 aliphatic rings. The van der Waals surface area contributed by atoms with E-state index in [0.717, 1.165) is 25.9 Å². The van der Waals surface area contributed by atoms with Crippen LogP contribution in [0, 0.1) is 5.92 Å². The fourth-order valence-electron chi connectivity index (χ4n) is 2.84. The number of amides is 1. The fraction of sp³-hybridized carbons (Fsp3) is 0.571. The van der Waals surface area contributed by atoms with Gasteiger partial charge in [0.2, 0.25) is 0 Å². The highest BCUT2D eigenvalue weighted by atomic mass is 32.2. The Hall–Kier alpha value is -1.67. The quantitative estimate of drug-likeness (QED) is 0.734. The summed E-state index contributed by atoms with van der Waals surface area (Å²) in [6.07, 6.45) is 7.17. The SMILES string of the molecule is O=C(NCCC1CCNC1)C1=CC=CN2CCS(=O)(=O)N=C12. The Bertz CT molecular complexity index is 645. The van der Waals surface area contributed by atoms with Gasteiger partial charge in [-0.2, -0.15) is 0 Å². The lowest BCUT2D eigenvalue weighted by atomic mass is 10.0. The van der Waals surface area contributed by atoms with Gasteiger partial charge in [-0.25, -0.2) is 8.42 Å². The van der Waals surface area contributed by atoms with Crippen LogP contribution in [-0.2, 0) is 14.8 Å². The first-order valence-corrected chi connectivity index (χ1v) is 9.13. The molecule has 0 aliphatic carbocycles. The number of carbonyl (C=O) groups is 1. The van der Waals surface area contributed by atoms with Gasteiger partial charge in [0.05, 0.1) is 11.3 Å². The molecule has 0 bridgehead atoms. The minimum atomic E-state index is -3.47. The second-order valence-electron chi connectivity index (χ2n) is 5.72. The van der Waals surface area contributed by atoms with Gasteiger partial charge in [-0.15, -0.1) is 4.40 Å². The van der Waals surface area contributed by atoms with Gasteiger partial charge in [-0.3, -0.25) is 4.79 Å². The molecule has 0 saturated carbocycles. The van der Waals surface area contributed by atoms with Gasteiger partial charge >= 0.3 is 0 Å². The molecule has 0 spiro atoms. The van der Waals surface area contributed by atoms with Crippen molar-refractivity contribution in [3.63, 3.8) is 0 Å². The number of amidine groups is 1. The average Bonchev–Trinajstić information content (AvgIpc) is 2.99. The fourth-order valence-corrected chi connectivity index (χ4v) is 3.82. The minimum absolute atomic E-state index is 0.0234. The molecule has 8 heteroatoms. The van der Waals surface area contributed by atoms with Crippen molar-refractivity contribution in [1.29, 1.82) is 0 Å². The van der Waals surface area contributed by atoms with Crippen LogP contribution < -0.4 is 10.6 Å². The van der Waals surface area contributed by atoms with Crippen molar-refractivity contribution in [3.8, 4) is 0 Å². The van der Waals surface area contributed by atoms with Crippen molar-refractivity contribution < 1.29 is 13.2 Å². The Balaban J connectivity index is 1.64. The van der Waals surface area contributed by atoms with E-state index in [9.17, 15) is 13.2 Å². The van der Waals surface area contributed by atoms with Crippen molar-refractivity contribution in [1.82, 2.24) is 15.5 Å². The van der Waals surface area contributed by atoms with Gasteiger partial charge < -0.3 is 15.5 Å². The van der Waals surface area contributed by atoms with E-state index in [2.05, 4.69) is 15.0 Å². The van der Waals surface area contributed by atoms with Gasteiger partial charge in [-0.05, 0) is 44.0 Å². The van der Waals surface area contributed by atoms with Crippen LogP contribution >= 0.6 is 0 Å². The minimum Gasteiger partial charge on any atom is -0.352 e. The van der Waals surface area contributed by atoms with Crippen LogP contribution in [0.3, 0.4) is 0 Å². The van der Waals surface area contributed by atoms with Crippen molar-refractivity contribution >= 4 is 21.8 Å². The molecule has 3 rings (SSSR count). The molecular formula is C14H20N4O3S. The molecule has 120 valence electrons. The van der Waals surface area contributed by atoms with Crippen LogP contribution in [0.1, 0.15) is 12.8 Å². The number of fused-ring (bicyclic) bond motifs is 1. The molecule has 0 aromatic rings. The Morgan fingerprint density at radius 3 is 3.14 bits per heavy atom. The lowest BCUT2D eigenvalue weighted by molar-refractivity contribution is -0.117.